The van der Waals surface area contributed by atoms with Crippen LogP contribution < -0.4 is 5.32 Å². The van der Waals surface area contributed by atoms with Crippen LogP contribution in [0.2, 0.25) is 0 Å². The number of aryl methyl sites for hydroxylation is 1. The Morgan fingerprint density at radius 1 is 1.00 bits per heavy atom. The van der Waals surface area contributed by atoms with Gasteiger partial charge in [0.25, 0.3) is 0 Å². The molecule has 0 spiro atoms. The molecule has 0 heterocycles. The van der Waals surface area contributed by atoms with Gasteiger partial charge in [-0.05, 0) is 42.8 Å². The lowest BCUT2D eigenvalue weighted by Crippen LogP contribution is -2.02. The fourth-order valence-electron chi connectivity index (χ4n) is 1.83. The van der Waals surface area contributed by atoms with Crippen molar-refractivity contribution in [2.45, 2.75) is 6.92 Å². The molecule has 0 amide bonds. The van der Waals surface area contributed by atoms with Crippen molar-refractivity contribution in [3.8, 4) is 0 Å². The number of carboxylic acid groups (broad SMARTS) is 2. The van der Waals surface area contributed by atoms with E-state index in [2.05, 4.69) is 5.32 Å². The van der Waals surface area contributed by atoms with E-state index < -0.39 is 17.8 Å². The molecule has 0 aliphatic carbocycles. The molecule has 6 heteroatoms. The van der Waals surface area contributed by atoms with Crippen molar-refractivity contribution < 1.29 is 24.2 Å². The Morgan fingerprint density at radius 2 is 1.67 bits per heavy atom. The maximum Gasteiger partial charge on any atom is 0.335 e. The number of aromatic carboxylic acids is 2. The largest absolute Gasteiger partial charge is 0.478 e. The van der Waals surface area contributed by atoms with Crippen LogP contribution in [-0.2, 0) is 0 Å². The van der Waals surface area contributed by atoms with Gasteiger partial charge >= 0.3 is 11.9 Å². The number of halogens is 1. The molecule has 0 saturated carbocycles. The zero-order valence-electron chi connectivity index (χ0n) is 11.1. The smallest absolute Gasteiger partial charge is 0.335 e. The minimum absolute atomic E-state index is 0.0814. The first-order valence-electron chi connectivity index (χ1n) is 6.01. The summed E-state index contributed by atoms with van der Waals surface area (Å²) in [7, 11) is 0. The molecule has 0 bridgehead atoms. The molecule has 0 saturated heterocycles. The first-order valence-corrected chi connectivity index (χ1v) is 6.01. The molecular weight excluding hydrogens is 277 g/mol. The summed E-state index contributed by atoms with van der Waals surface area (Å²) in [6, 6.07) is 7.80. The summed E-state index contributed by atoms with van der Waals surface area (Å²) in [5.41, 5.74) is 1.35. The van der Waals surface area contributed by atoms with Crippen LogP contribution in [0.1, 0.15) is 26.3 Å². The van der Waals surface area contributed by atoms with E-state index in [0.29, 0.717) is 5.69 Å². The van der Waals surface area contributed by atoms with E-state index in [9.17, 15) is 14.0 Å². The van der Waals surface area contributed by atoms with Crippen molar-refractivity contribution in [3.05, 3.63) is 58.9 Å². The molecule has 0 aromatic heterocycles. The van der Waals surface area contributed by atoms with Crippen molar-refractivity contribution in [1.82, 2.24) is 0 Å². The van der Waals surface area contributed by atoms with E-state index in [1.165, 1.54) is 18.2 Å². The Hall–Kier alpha value is -2.89. The Labute approximate surface area is 119 Å². The summed E-state index contributed by atoms with van der Waals surface area (Å²) in [6.45, 7) is 1.76. The predicted octanol–water partition coefficient (Wildman–Crippen LogP) is 3.27. The second-order valence-electron chi connectivity index (χ2n) is 4.49. The van der Waals surface area contributed by atoms with Crippen molar-refractivity contribution in [2.24, 2.45) is 0 Å². The van der Waals surface area contributed by atoms with Crippen LogP contribution in [0.4, 0.5) is 15.8 Å². The molecule has 0 radical (unpaired) electrons. The topological polar surface area (TPSA) is 86.6 Å². The minimum atomic E-state index is -1.24. The molecular formula is C15H12FNO4. The molecule has 3 N–H and O–H groups in total. The summed E-state index contributed by atoms with van der Waals surface area (Å²) in [4.78, 5) is 21.8. The lowest BCUT2D eigenvalue weighted by atomic mass is 10.1. The number of hydrogen-bond acceptors (Lipinski definition) is 3. The van der Waals surface area contributed by atoms with Gasteiger partial charge < -0.3 is 15.5 Å². The van der Waals surface area contributed by atoms with E-state index in [1.807, 2.05) is 0 Å². The van der Waals surface area contributed by atoms with Crippen LogP contribution >= 0.6 is 0 Å². The average molecular weight is 289 g/mol. The van der Waals surface area contributed by atoms with Crippen LogP contribution in [0.3, 0.4) is 0 Å². The number of nitrogens with one attached hydrogen (secondary N) is 1. The van der Waals surface area contributed by atoms with E-state index in [4.69, 9.17) is 10.2 Å². The van der Waals surface area contributed by atoms with Gasteiger partial charge in [-0.1, -0.05) is 6.07 Å². The van der Waals surface area contributed by atoms with Gasteiger partial charge in [0.05, 0.1) is 11.1 Å². The molecule has 0 aliphatic heterocycles. The summed E-state index contributed by atoms with van der Waals surface area (Å²) >= 11 is 0. The Kier molecular flexibility index (Phi) is 3.89. The SMILES string of the molecule is Cc1ccc(C(=O)O)cc1Nc1cc(F)cc(C(=O)O)c1. The third kappa shape index (κ3) is 3.36. The summed E-state index contributed by atoms with van der Waals surface area (Å²) in [5, 5.41) is 20.7. The highest BCUT2D eigenvalue weighted by Gasteiger charge is 2.10. The second-order valence-corrected chi connectivity index (χ2v) is 4.49. The van der Waals surface area contributed by atoms with Gasteiger partial charge in [-0.2, -0.15) is 0 Å². The average Bonchev–Trinajstić information content (AvgIpc) is 2.40. The zero-order valence-corrected chi connectivity index (χ0v) is 11.1. The van der Waals surface area contributed by atoms with E-state index in [1.54, 1.807) is 13.0 Å². The maximum atomic E-state index is 13.4. The van der Waals surface area contributed by atoms with E-state index in [0.717, 1.165) is 17.7 Å². The highest BCUT2D eigenvalue weighted by atomic mass is 19.1. The fourth-order valence-corrected chi connectivity index (χ4v) is 1.83. The second kappa shape index (κ2) is 5.62. The molecule has 0 atom stereocenters. The van der Waals surface area contributed by atoms with Crippen molar-refractivity contribution in [1.29, 1.82) is 0 Å². The number of hydrogen-bond donors (Lipinski definition) is 3. The van der Waals surface area contributed by atoms with Crippen molar-refractivity contribution in [3.63, 3.8) is 0 Å². The summed E-state index contributed by atoms with van der Waals surface area (Å²) < 4.78 is 13.4. The number of anilines is 2. The van der Waals surface area contributed by atoms with Crippen molar-refractivity contribution in [2.75, 3.05) is 5.32 Å². The van der Waals surface area contributed by atoms with Gasteiger partial charge in [-0.3, -0.25) is 0 Å². The highest BCUT2D eigenvalue weighted by Crippen LogP contribution is 2.23. The van der Waals surface area contributed by atoms with Crippen LogP contribution in [0, 0.1) is 12.7 Å². The molecule has 0 unspecified atom stereocenters. The van der Waals surface area contributed by atoms with Gasteiger partial charge in [0.15, 0.2) is 0 Å². The maximum absolute atomic E-state index is 13.4. The molecule has 2 rings (SSSR count). The molecule has 108 valence electrons. The lowest BCUT2D eigenvalue weighted by molar-refractivity contribution is 0.0686. The fraction of sp³-hybridized carbons (Fsp3) is 0.0667. The van der Waals surface area contributed by atoms with Crippen LogP contribution in [0.25, 0.3) is 0 Å². The monoisotopic (exact) mass is 289 g/mol. The molecule has 2 aromatic rings. The van der Waals surface area contributed by atoms with Crippen LogP contribution in [0.15, 0.2) is 36.4 Å². The predicted molar refractivity (Wildman–Crippen MR) is 74.8 cm³/mol. The van der Waals surface area contributed by atoms with Gasteiger partial charge in [0, 0.05) is 11.4 Å². The zero-order chi connectivity index (χ0) is 15.6. The first kappa shape index (κ1) is 14.5. The third-order valence-corrected chi connectivity index (χ3v) is 2.91. The summed E-state index contributed by atoms with van der Waals surface area (Å²) in [5.74, 6) is -3.01. The number of benzene rings is 2. The number of rotatable bonds is 4. The Morgan fingerprint density at radius 3 is 2.29 bits per heavy atom. The quantitative estimate of drug-likeness (QED) is 0.804. The number of carbonyl (C=O) groups is 2. The first-order chi connectivity index (χ1) is 9.86. The Balaban J connectivity index is 2.40. The van der Waals surface area contributed by atoms with Crippen LogP contribution in [0.5, 0.6) is 0 Å². The van der Waals surface area contributed by atoms with Gasteiger partial charge in [-0.15, -0.1) is 0 Å². The molecule has 0 fully saturated rings. The molecule has 21 heavy (non-hydrogen) atoms. The minimum Gasteiger partial charge on any atom is -0.478 e. The normalized spacial score (nSPS) is 10.2. The van der Waals surface area contributed by atoms with Crippen LogP contribution in [-0.4, -0.2) is 22.2 Å². The highest BCUT2D eigenvalue weighted by molar-refractivity contribution is 5.90. The van der Waals surface area contributed by atoms with Gasteiger partial charge in [-0.25, -0.2) is 14.0 Å². The Bertz CT molecular complexity index is 728. The third-order valence-electron chi connectivity index (χ3n) is 2.91. The van der Waals surface area contributed by atoms with Crippen molar-refractivity contribution >= 4 is 23.3 Å². The molecule has 5 nitrogen and oxygen atoms in total. The van der Waals surface area contributed by atoms with E-state index in [-0.39, 0.29) is 16.8 Å². The molecule has 2 aromatic carbocycles. The van der Waals surface area contributed by atoms with E-state index >= 15 is 0 Å². The van der Waals surface area contributed by atoms with Gasteiger partial charge in [0.1, 0.15) is 5.82 Å². The number of carboxylic acids is 2. The standard InChI is InChI=1S/C15H12FNO4/c1-8-2-3-9(14(18)19)6-13(8)17-12-5-10(15(20)21)4-11(16)7-12/h2-7,17H,1H3,(H,18,19)(H,20,21). The summed E-state index contributed by atoms with van der Waals surface area (Å²) in [6.07, 6.45) is 0. The molecule has 0 aliphatic rings. The van der Waals surface area contributed by atoms with Gasteiger partial charge in [0.2, 0.25) is 0 Å². The lowest BCUT2D eigenvalue weighted by Gasteiger charge is -2.11.